The first kappa shape index (κ1) is 12.2. The zero-order chi connectivity index (χ0) is 13.9. The number of imidazole rings is 1. The van der Waals surface area contributed by atoms with Crippen LogP contribution in [0.2, 0.25) is 10.0 Å². The van der Waals surface area contributed by atoms with Crippen LogP contribution >= 0.6 is 34.5 Å². The van der Waals surface area contributed by atoms with Crippen LogP contribution in [0.5, 0.6) is 0 Å². The molecule has 0 unspecified atom stereocenters. The number of fused-ring (bicyclic) bond motifs is 2. The summed E-state index contributed by atoms with van der Waals surface area (Å²) in [5.41, 5.74) is 1.38. The Labute approximate surface area is 127 Å². The number of nitrogens with zero attached hydrogens (tertiary/aromatic N) is 3. The van der Waals surface area contributed by atoms with Crippen molar-refractivity contribution < 1.29 is 4.42 Å². The first-order chi connectivity index (χ1) is 9.60. The van der Waals surface area contributed by atoms with Gasteiger partial charge in [0.15, 0.2) is 5.76 Å². The standard InChI is InChI=1S/C13H7Cl2N3OS/c1-6-17-18-5-10(16-13(18)20-6)12-4-8-9(15)2-7(14)3-11(8)19-12/h2-5H,1H3. The maximum Gasteiger partial charge on any atom is 0.212 e. The van der Waals surface area contributed by atoms with Gasteiger partial charge in [0.05, 0.1) is 11.2 Å². The third-order valence-corrected chi connectivity index (χ3v) is 4.32. The van der Waals surface area contributed by atoms with Crippen molar-refractivity contribution in [3.63, 3.8) is 0 Å². The lowest BCUT2D eigenvalue weighted by Crippen LogP contribution is -1.79. The molecule has 4 aromatic rings. The van der Waals surface area contributed by atoms with Gasteiger partial charge in [-0.15, -0.1) is 0 Å². The van der Waals surface area contributed by atoms with E-state index in [2.05, 4.69) is 10.1 Å². The van der Waals surface area contributed by atoms with Crippen LogP contribution in [0.1, 0.15) is 5.01 Å². The average molecular weight is 324 g/mol. The van der Waals surface area contributed by atoms with Crippen LogP contribution in [0.15, 0.2) is 28.8 Å². The number of hydrogen-bond donors (Lipinski definition) is 0. The molecule has 100 valence electrons. The summed E-state index contributed by atoms with van der Waals surface area (Å²) in [5, 5.41) is 7.24. The first-order valence-electron chi connectivity index (χ1n) is 5.82. The molecule has 0 saturated carbocycles. The van der Waals surface area contributed by atoms with Crippen molar-refractivity contribution in [1.29, 1.82) is 0 Å². The van der Waals surface area contributed by atoms with E-state index in [9.17, 15) is 0 Å². The Morgan fingerprint density at radius 3 is 2.90 bits per heavy atom. The van der Waals surface area contributed by atoms with Crippen LogP contribution < -0.4 is 0 Å². The lowest BCUT2D eigenvalue weighted by molar-refractivity contribution is 0.629. The van der Waals surface area contributed by atoms with E-state index in [1.807, 2.05) is 19.2 Å². The quantitative estimate of drug-likeness (QED) is 0.504. The summed E-state index contributed by atoms with van der Waals surface area (Å²) in [6, 6.07) is 5.31. The van der Waals surface area contributed by atoms with Gasteiger partial charge in [-0.05, 0) is 19.1 Å². The fourth-order valence-corrected chi connectivity index (χ4v) is 3.36. The van der Waals surface area contributed by atoms with E-state index in [0.29, 0.717) is 21.4 Å². The largest absolute Gasteiger partial charge is 0.454 e. The Bertz CT molecular complexity index is 922. The average Bonchev–Trinajstić information content (AvgIpc) is 2.99. The van der Waals surface area contributed by atoms with Crippen molar-refractivity contribution in [2.75, 3.05) is 0 Å². The highest BCUT2D eigenvalue weighted by Gasteiger charge is 2.14. The molecule has 3 aromatic heterocycles. The minimum Gasteiger partial charge on any atom is -0.454 e. The third kappa shape index (κ3) is 1.82. The lowest BCUT2D eigenvalue weighted by Gasteiger charge is -1.92. The van der Waals surface area contributed by atoms with Crippen molar-refractivity contribution in [3.8, 4) is 11.5 Å². The number of hydrogen-bond acceptors (Lipinski definition) is 4. The van der Waals surface area contributed by atoms with Crippen molar-refractivity contribution in [2.45, 2.75) is 6.92 Å². The summed E-state index contributed by atoms with van der Waals surface area (Å²) in [6.45, 7) is 1.95. The summed E-state index contributed by atoms with van der Waals surface area (Å²) in [4.78, 5) is 5.34. The monoisotopic (exact) mass is 323 g/mol. The Kier molecular flexibility index (Phi) is 2.57. The number of rotatable bonds is 1. The molecular formula is C13H7Cl2N3OS. The second-order valence-corrected chi connectivity index (χ2v) is 6.39. The van der Waals surface area contributed by atoms with Gasteiger partial charge in [0.2, 0.25) is 4.96 Å². The summed E-state index contributed by atoms with van der Waals surface area (Å²) >= 11 is 13.7. The fraction of sp³-hybridized carbons (Fsp3) is 0.0769. The molecule has 4 rings (SSSR count). The summed E-state index contributed by atoms with van der Waals surface area (Å²) < 4.78 is 7.52. The molecule has 4 nitrogen and oxygen atoms in total. The van der Waals surface area contributed by atoms with Crippen LogP contribution in [0.3, 0.4) is 0 Å². The Balaban J connectivity index is 1.92. The SMILES string of the molecule is Cc1nn2cc(-c3cc4c(Cl)cc(Cl)cc4o3)nc2s1. The molecule has 1 aromatic carbocycles. The molecule has 0 aliphatic rings. The van der Waals surface area contributed by atoms with Crippen molar-refractivity contribution >= 4 is 50.5 Å². The summed E-state index contributed by atoms with van der Waals surface area (Å²) in [6.07, 6.45) is 1.84. The Morgan fingerprint density at radius 2 is 2.10 bits per heavy atom. The topological polar surface area (TPSA) is 43.3 Å². The molecule has 0 atom stereocenters. The van der Waals surface area contributed by atoms with E-state index < -0.39 is 0 Å². The summed E-state index contributed by atoms with van der Waals surface area (Å²) in [7, 11) is 0. The molecular weight excluding hydrogens is 317 g/mol. The molecule has 20 heavy (non-hydrogen) atoms. The van der Waals surface area contributed by atoms with Crippen LogP contribution in [0.4, 0.5) is 0 Å². The molecule has 0 N–H and O–H groups in total. The minimum absolute atomic E-state index is 0.548. The number of furan rings is 1. The van der Waals surface area contributed by atoms with Gasteiger partial charge in [0.25, 0.3) is 0 Å². The van der Waals surface area contributed by atoms with E-state index in [1.165, 1.54) is 11.3 Å². The molecule has 0 aliphatic heterocycles. The van der Waals surface area contributed by atoms with Crippen LogP contribution in [0.25, 0.3) is 27.4 Å². The van der Waals surface area contributed by atoms with Gasteiger partial charge in [0.1, 0.15) is 16.3 Å². The smallest absolute Gasteiger partial charge is 0.212 e. The maximum atomic E-state index is 6.16. The second-order valence-electron chi connectivity index (χ2n) is 4.38. The van der Waals surface area contributed by atoms with Crippen molar-refractivity contribution in [2.24, 2.45) is 0 Å². The van der Waals surface area contributed by atoms with Crippen molar-refractivity contribution in [3.05, 3.63) is 39.4 Å². The highest BCUT2D eigenvalue weighted by atomic mass is 35.5. The molecule has 0 bridgehead atoms. The Morgan fingerprint density at radius 1 is 1.25 bits per heavy atom. The van der Waals surface area contributed by atoms with Crippen molar-refractivity contribution in [1.82, 2.24) is 14.6 Å². The Hall–Kier alpha value is -1.56. The van der Waals surface area contributed by atoms with E-state index in [-0.39, 0.29) is 0 Å². The molecule has 0 spiro atoms. The van der Waals surface area contributed by atoms with E-state index in [1.54, 1.807) is 16.6 Å². The van der Waals surface area contributed by atoms with Gasteiger partial charge in [-0.2, -0.15) is 5.10 Å². The van der Waals surface area contributed by atoms with Crippen LogP contribution in [-0.2, 0) is 0 Å². The molecule has 7 heteroatoms. The predicted octanol–water partition coefficient (Wildman–Crippen LogP) is 4.82. The third-order valence-electron chi connectivity index (χ3n) is 2.95. The molecule has 0 radical (unpaired) electrons. The minimum atomic E-state index is 0.548. The number of benzene rings is 1. The normalized spacial score (nSPS) is 11.8. The number of aromatic nitrogens is 3. The van der Waals surface area contributed by atoms with Gasteiger partial charge in [-0.25, -0.2) is 9.50 Å². The van der Waals surface area contributed by atoms with E-state index in [0.717, 1.165) is 21.0 Å². The number of halogens is 2. The molecule has 0 fully saturated rings. The van der Waals surface area contributed by atoms with Gasteiger partial charge in [-0.3, -0.25) is 0 Å². The molecule has 0 amide bonds. The molecule has 0 aliphatic carbocycles. The maximum absolute atomic E-state index is 6.16. The molecule has 0 saturated heterocycles. The van der Waals surface area contributed by atoms with E-state index in [4.69, 9.17) is 27.6 Å². The predicted molar refractivity (Wildman–Crippen MR) is 80.8 cm³/mol. The first-order valence-corrected chi connectivity index (χ1v) is 7.39. The highest BCUT2D eigenvalue weighted by Crippen LogP contribution is 2.34. The zero-order valence-electron chi connectivity index (χ0n) is 10.2. The van der Waals surface area contributed by atoms with E-state index >= 15 is 0 Å². The fourth-order valence-electron chi connectivity index (χ4n) is 2.11. The summed E-state index contributed by atoms with van der Waals surface area (Å²) in [5.74, 6) is 0.652. The zero-order valence-corrected chi connectivity index (χ0v) is 12.6. The van der Waals surface area contributed by atoms with Crippen LogP contribution in [-0.4, -0.2) is 14.6 Å². The number of aryl methyl sites for hydroxylation is 1. The van der Waals surface area contributed by atoms with Gasteiger partial charge in [0, 0.05) is 16.5 Å². The highest BCUT2D eigenvalue weighted by molar-refractivity contribution is 7.16. The lowest BCUT2D eigenvalue weighted by atomic mass is 10.2. The van der Waals surface area contributed by atoms with Gasteiger partial charge < -0.3 is 4.42 Å². The van der Waals surface area contributed by atoms with Gasteiger partial charge in [-0.1, -0.05) is 34.5 Å². The molecule has 3 heterocycles. The van der Waals surface area contributed by atoms with Gasteiger partial charge >= 0.3 is 0 Å². The van der Waals surface area contributed by atoms with Crippen LogP contribution in [0, 0.1) is 6.92 Å². The second kappa shape index (κ2) is 4.22.